The first-order valence-corrected chi connectivity index (χ1v) is 5.03. The quantitative estimate of drug-likeness (QED) is 0.661. The maximum absolute atomic E-state index is 5.67. The lowest BCUT2D eigenvalue weighted by Crippen LogP contribution is -2.28. The summed E-state index contributed by atoms with van der Waals surface area (Å²) in [5.41, 5.74) is 5.67. The molecule has 0 aliphatic heterocycles. The fourth-order valence-electron chi connectivity index (χ4n) is 1.25. The molecule has 2 N–H and O–H groups in total. The Hall–Kier alpha value is -0.340. The van der Waals surface area contributed by atoms with E-state index in [1.54, 1.807) is 0 Å². The molecule has 0 radical (unpaired) electrons. The van der Waals surface area contributed by atoms with Gasteiger partial charge in [-0.15, -0.1) is 0 Å². The minimum atomic E-state index is 0.162. The van der Waals surface area contributed by atoms with Gasteiger partial charge in [-0.25, -0.2) is 0 Å². The predicted octanol–water partition coefficient (Wildman–Crippen LogP) is 1.87. The fraction of sp³-hybridized carbons (Fsp3) is 0.818. The molecule has 2 heteroatoms. The molecule has 0 aromatic heterocycles. The number of rotatable bonds is 5. The highest BCUT2D eigenvalue weighted by atomic mass is 15.1. The van der Waals surface area contributed by atoms with E-state index in [0.29, 0.717) is 6.04 Å². The molecule has 0 saturated heterocycles. The third kappa shape index (κ3) is 6.79. The monoisotopic (exact) mass is 184 g/mol. The van der Waals surface area contributed by atoms with Crippen LogP contribution in [-0.4, -0.2) is 31.1 Å². The van der Waals surface area contributed by atoms with Crippen LogP contribution in [0, 0.1) is 5.92 Å². The van der Waals surface area contributed by atoms with Crippen molar-refractivity contribution in [1.82, 2.24) is 4.90 Å². The number of nitrogens with zero attached hydrogens (tertiary/aromatic N) is 1. The lowest BCUT2D eigenvalue weighted by molar-refractivity contribution is 0.300. The normalized spacial score (nSPS) is 17.2. The third-order valence-corrected chi connectivity index (χ3v) is 2.01. The van der Waals surface area contributed by atoms with Gasteiger partial charge in [0.1, 0.15) is 0 Å². The van der Waals surface area contributed by atoms with Gasteiger partial charge in [-0.2, -0.15) is 0 Å². The van der Waals surface area contributed by atoms with Crippen molar-refractivity contribution >= 4 is 0 Å². The average Bonchev–Trinajstić information content (AvgIpc) is 1.96. The predicted molar refractivity (Wildman–Crippen MR) is 59.7 cm³/mol. The summed E-state index contributed by atoms with van der Waals surface area (Å²) in [6, 6.07) is 0.681. The Kier molecular flexibility index (Phi) is 6.00. The first-order chi connectivity index (χ1) is 5.93. The minimum absolute atomic E-state index is 0.162. The van der Waals surface area contributed by atoms with Crippen LogP contribution in [0.25, 0.3) is 0 Å². The van der Waals surface area contributed by atoms with E-state index in [-0.39, 0.29) is 6.04 Å². The summed E-state index contributed by atoms with van der Waals surface area (Å²) in [5.74, 6) is 0.727. The summed E-state index contributed by atoms with van der Waals surface area (Å²) < 4.78 is 0. The molecule has 2 atom stereocenters. The minimum Gasteiger partial charge on any atom is -0.325 e. The number of nitrogens with two attached hydrogens (primary N) is 1. The second-order valence-corrected chi connectivity index (χ2v) is 4.40. The van der Waals surface area contributed by atoms with Gasteiger partial charge >= 0.3 is 0 Å². The molecule has 0 spiro atoms. The summed E-state index contributed by atoms with van der Waals surface area (Å²) in [7, 11) is 4.22. The number of hydrogen-bond acceptors (Lipinski definition) is 2. The van der Waals surface area contributed by atoms with Crippen LogP contribution in [0.3, 0.4) is 0 Å². The van der Waals surface area contributed by atoms with Crippen LogP contribution >= 0.6 is 0 Å². The molecule has 78 valence electrons. The van der Waals surface area contributed by atoms with Gasteiger partial charge in [-0.3, -0.25) is 0 Å². The van der Waals surface area contributed by atoms with Crippen LogP contribution < -0.4 is 5.73 Å². The summed E-state index contributed by atoms with van der Waals surface area (Å²) in [4.78, 5) is 2.24. The van der Waals surface area contributed by atoms with Crippen molar-refractivity contribution in [3.8, 4) is 0 Å². The molecule has 0 amide bonds. The van der Waals surface area contributed by atoms with E-state index in [1.807, 2.05) is 6.92 Å². The molecule has 0 aromatic carbocycles. The third-order valence-electron chi connectivity index (χ3n) is 2.01. The van der Waals surface area contributed by atoms with Crippen LogP contribution in [-0.2, 0) is 0 Å². The van der Waals surface area contributed by atoms with Crippen molar-refractivity contribution in [3.05, 3.63) is 12.2 Å². The van der Waals surface area contributed by atoms with E-state index in [4.69, 9.17) is 5.73 Å². The van der Waals surface area contributed by atoms with Crippen LogP contribution in [0.15, 0.2) is 12.2 Å². The Morgan fingerprint density at radius 1 is 1.15 bits per heavy atom. The Bertz CT molecular complexity index is 148. The summed E-state index contributed by atoms with van der Waals surface area (Å²) in [6.45, 7) is 6.49. The smallest absolute Gasteiger partial charge is 0.0275 e. The molecular formula is C11H24N2. The molecule has 0 aliphatic rings. The van der Waals surface area contributed by atoms with Crippen molar-refractivity contribution in [2.45, 2.75) is 39.3 Å². The van der Waals surface area contributed by atoms with Gasteiger partial charge in [-0.1, -0.05) is 26.0 Å². The number of hydrogen-bond donors (Lipinski definition) is 1. The Balaban J connectivity index is 4.10. The van der Waals surface area contributed by atoms with Gasteiger partial charge < -0.3 is 10.6 Å². The van der Waals surface area contributed by atoms with Crippen LogP contribution in [0.2, 0.25) is 0 Å². The highest BCUT2D eigenvalue weighted by Gasteiger charge is 2.09. The van der Waals surface area contributed by atoms with E-state index in [0.717, 1.165) is 5.92 Å². The SMILES string of the molecule is CC(N)/C=C\C(CC(C)C)N(C)C. The maximum Gasteiger partial charge on any atom is 0.0275 e. The van der Waals surface area contributed by atoms with Gasteiger partial charge in [0.15, 0.2) is 0 Å². The number of likely N-dealkylation sites (N-methyl/N-ethyl adjacent to an activating group) is 1. The van der Waals surface area contributed by atoms with Crippen molar-refractivity contribution in [2.24, 2.45) is 11.7 Å². The van der Waals surface area contributed by atoms with E-state index < -0.39 is 0 Å². The zero-order valence-electron chi connectivity index (χ0n) is 9.62. The van der Waals surface area contributed by atoms with Gasteiger partial charge in [0, 0.05) is 12.1 Å². The molecule has 2 unspecified atom stereocenters. The van der Waals surface area contributed by atoms with Gasteiger partial charge in [0.25, 0.3) is 0 Å². The summed E-state index contributed by atoms with van der Waals surface area (Å²) >= 11 is 0. The lowest BCUT2D eigenvalue weighted by atomic mass is 10.0. The first-order valence-electron chi connectivity index (χ1n) is 5.03. The maximum atomic E-state index is 5.67. The van der Waals surface area contributed by atoms with Crippen LogP contribution in [0.5, 0.6) is 0 Å². The van der Waals surface area contributed by atoms with Crippen molar-refractivity contribution < 1.29 is 0 Å². The zero-order valence-corrected chi connectivity index (χ0v) is 9.62. The van der Waals surface area contributed by atoms with Gasteiger partial charge in [0.05, 0.1) is 0 Å². The largest absolute Gasteiger partial charge is 0.325 e. The second kappa shape index (κ2) is 6.17. The molecule has 0 fully saturated rings. The topological polar surface area (TPSA) is 29.3 Å². The van der Waals surface area contributed by atoms with Crippen LogP contribution in [0.4, 0.5) is 0 Å². The van der Waals surface area contributed by atoms with Crippen molar-refractivity contribution in [2.75, 3.05) is 14.1 Å². The molecule has 0 aromatic rings. The molecule has 0 rings (SSSR count). The van der Waals surface area contributed by atoms with Gasteiger partial charge in [0.2, 0.25) is 0 Å². The zero-order chi connectivity index (χ0) is 10.4. The fourth-order valence-corrected chi connectivity index (χ4v) is 1.25. The van der Waals surface area contributed by atoms with Crippen LogP contribution in [0.1, 0.15) is 27.2 Å². The molecule has 0 saturated carbocycles. The van der Waals surface area contributed by atoms with E-state index in [2.05, 4.69) is 45.0 Å². The van der Waals surface area contributed by atoms with Gasteiger partial charge in [-0.05, 0) is 33.4 Å². The Morgan fingerprint density at radius 3 is 2.00 bits per heavy atom. The highest BCUT2D eigenvalue weighted by Crippen LogP contribution is 2.10. The van der Waals surface area contributed by atoms with E-state index in [9.17, 15) is 0 Å². The molecule has 0 bridgehead atoms. The molecule has 2 nitrogen and oxygen atoms in total. The van der Waals surface area contributed by atoms with Crippen molar-refractivity contribution in [1.29, 1.82) is 0 Å². The van der Waals surface area contributed by atoms with E-state index in [1.165, 1.54) is 6.42 Å². The standard InChI is InChI=1S/C11H24N2/c1-9(2)8-11(13(4)5)7-6-10(3)12/h6-7,9-11H,8,12H2,1-5H3/b7-6-. The highest BCUT2D eigenvalue weighted by molar-refractivity contribution is 4.97. The first kappa shape index (κ1) is 12.7. The Labute approximate surface area is 82.8 Å². The molecule has 0 aliphatic carbocycles. The molecule has 0 heterocycles. The average molecular weight is 184 g/mol. The summed E-state index contributed by atoms with van der Waals surface area (Å²) in [6.07, 6.45) is 5.48. The molecular weight excluding hydrogens is 160 g/mol. The molecule has 13 heavy (non-hydrogen) atoms. The van der Waals surface area contributed by atoms with Crippen molar-refractivity contribution in [3.63, 3.8) is 0 Å². The summed E-state index contributed by atoms with van der Waals surface area (Å²) in [5, 5.41) is 0. The second-order valence-electron chi connectivity index (χ2n) is 4.40. The Morgan fingerprint density at radius 2 is 1.69 bits per heavy atom. The lowest BCUT2D eigenvalue weighted by Gasteiger charge is -2.23. The van der Waals surface area contributed by atoms with E-state index >= 15 is 0 Å².